The zero-order valence-corrected chi connectivity index (χ0v) is 11.6. The Morgan fingerprint density at radius 1 is 1.20 bits per heavy atom. The highest BCUT2D eigenvalue weighted by Crippen LogP contribution is 2.38. The molecule has 100 valence electrons. The van der Waals surface area contributed by atoms with Crippen molar-refractivity contribution in [1.29, 1.82) is 0 Å². The monoisotopic (exact) mass is 282 g/mol. The van der Waals surface area contributed by atoms with Gasteiger partial charge in [-0.25, -0.2) is 0 Å². The number of thioether (sulfide) groups is 1. The fourth-order valence-corrected chi connectivity index (χ4v) is 3.08. The Kier molecular flexibility index (Phi) is 3.48. The molecule has 0 unspecified atom stereocenters. The van der Waals surface area contributed by atoms with Crippen LogP contribution >= 0.6 is 11.8 Å². The van der Waals surface area contributed by atoms with Crippen molar-refractivity contribution in [3.8, 4) is 0 Å². The van der Waals surface area contributed by atoms with Crippen molar-refractivity contribution < 1.29 is 4.79 Å². The van der Waals surface area contributed by atoms with Crippen LogP contribution in [0.2, 0.25) is 0 Å². The number of hydrogen-bond acceptors (Lipinski definition) is 3. The summed E-state index contributed by atoms with van der Waals surface area (Å²) < 4.78 is 0. The van der Waals surface area contributed by atoms with Crippen LogP contribution in [-0.2, 0) is 0 Å². The molecule has 1 aliphatic rings. The molecule has 0 saturated heterocycles. The standard InChI is InChI=1S/C16H14N2OS/c17-16(19)12-6-7-15-14(9-12)18-10-13(20-15)8-11-4-2-1-3-5-11/h1-9,18H,10H2,(H2,17,19)/b13-8-. The second kappa shape index (κ2) is 5.43. The predicted octanol–water partition coefficient (Wildman–Crippen LogP) is 3.34. The molecule has 2 aromatic rings. The lowest BCUT2D eigenvalue weighted by Gasteiger charge is -2.20. The zero-order valence-electron chi connectivity index (χ0n) is 10.8. The van der Waals surface area contributed by atoms with Crippen LogP contribution in [0.3, 0.4) is 0 Å². The number of primary amides is 1. The lowest BCUT2D eigenvalue weighted by molar-refractivity contribution is 0.100. The Morgan fingerprint density at radius 2 is 2.00 bits per heavy atom. The summed E-state index contributed by atoms with van der Waals surface area (Å²) >= 11 is 1.72. The number of carbonyl (C=O) groups excluding carboxylic acids is 1. The molecule has 20 heavy (non-hydrogen) atoms. The van der Waals surface area contributed by atoms with Crippen LogP contribution in [0.5, 0.6) is 0 Å². The molecule has 4 heteroatoms. The minimum Gasteiger partial charge on any atom is -0.379 e. The van der Waals surface area contributed by atoms with E-state index >= 15 is 0 Å². The van der Waals surface area contributed by atoms with E-state index in [9.17, 15) is 4.79 Å². The van der Waals surface area contributed by atoms with Crippen LogP contribution in [0, 0.1) is 0 Å². The van der Waals surface area contributed by atoms with Crippen molar-refractivity contribution in [2.75, 3.05) is 11.9 Å². The van der Waals surface area contributed by atoms with E-state index in [-0.39, 0.29) is 0 Å². The molecular weight excluding hydrogens is 268 g/mol. The molecule has 0 spiro atoms. The van der Waals surface area contributed by atoms with E-state index in [1.54, 1.807) is 17.8 Å². The third-order valence-electron chi connectivity index (χ3n) is 3.09. The predicted molar refractivity (Wildman–Crippen MR) is 83.7 cm³/mol. The molecule has 0 saturated carbocycles. The van der Waals surface area contributed by atoms with E-state index in [2.05, 4.69) is 23.5 Å². The lowest BCUT2D eigenvalue weighted by atomic mass is 10.2. The van der Waals surface area contributed by atoms with Gasteiger partial charge in [-0.2, -0.15) is 0 Å². The number of nitrogens with two attached hydrogens (primary N) is 1. The van der Waals surface area contributed by atoms with Gasteiger partial charge in [-0.3, -0.25) is 4.79 Å². The summed E-state index contributed by atoms with van der Waals surface area (Å²) in [6, 6.07) is 15.7. The quantitative estimate of drug-likeness (QED) is 0.888. The van der Waals surface area contributed by atoms with Gasteiger partial charge in [-0.1, -0.05) is 42.1 Å². The van der Waals surface area contributed by atoms with E-state index in [1.807, 2.05) is 30.3 Å². The van der Waals surface area contributed by atoms with Crippen molar-refractivity contribution in [2.45, 2.75) is 4.90 Å². The minimum absolute atomic E-state index is 0.398. The Morgan fingerprint density at radius 3 is 2.75 bits per heavy atom. The van der Waals surface area contributed by atoms with Crippen LogP contribution in [0.15, 0.2) is 58.3 Å². The zero-order chi connectivity index (χ0) is 13.9. The SMILES string of the molecule is NC(=O)c1ccc2c(c1)NC/C(=C/c1ccccc1)S2. The topological polar surface area (TPSA) is 55.1 Å². The van der Waals surface area contributed by atoms with Crippen LogP contribution in [0.25, 0.3) is 6.08 Å². The van der Waals surface area contributed by atoms with Crippen molar-refractivity contribution in [3.05, 3.63) is 64.6 Å². The van der Waals surface area contributed by atoms with Crippen molar-refractivity contribution in [1.82, 2.24) is 0 Å². The van der Waals surface area contributed by atoms with E-state index in [0.29, 0.717) is 5.56 Å². The molecule has 1 amide bonds. The van der Waals surface area contributed by atoms with Crippen LogP contribution < -0.4 is 11.1 Å². The first-order valence-electron chi connectivity index (χ1n) is 6.33. The maximum absolute atomic E-state index is 11.2. The van der Waals surface area contributed by atoms with Crippen molar-refractivity contribution >= 4 is 29.4 Å². The fourth-order valence-electron chi connectivity index (χ4n) is 2.09. The Labute approximate surface area is 121 Å². The molecule has 0 radical (unpaired) electrons. The summed E-state index contributed by atoms with van der Waals surface area (Å²) in [5.41, 5.74) is 7.98. The van der Waals surface area contributed by atoms with Gasteiger partial charge in [0.2, 0.25) is 5.91 Å². The molecule has 1 heterocycles. The summed E-state index contributed by atoms with van der Waals surface area (Å²) in [6.45, 7) is 0.759. The molecule has 1 aliphatic heterocycles. The van der Waals surface area contributed by atoms with Gasteiger partial charge in [0.15, 0.2) is 0 Å². The molecule has 2 aromatic carbocycles. The first-order chi connectivity index (χ1) is 9.72. The van der Waals surface area contributed by atoms with Gasteiger partial charge in [0.05, 0.1) is 0 Å². The minimum atomic E-state index is -0.398. The molecule has 3 N–H and O–H groups in total. The first kappa shape index (κ1) is 12.8. The van der Waals surface area contributed by atoms with Crippen LogP contribution in [-0.4, -0.2) is 12.5 Å². The number of hydrogen-bond donors (Lipinski definition) is 2. The molecule has 0 aromatic heterocycles. The largest absolute Gasteiger partial charge is 0.379 e. The average molecular weight is 282 g/mol. The van der Waals surface area contributed by atoms with E-state index in [1.165, 1.54) is 10.5 Å². The van der Waals surface area contributed by atoms with Crippen molar-refractivity contribution in [2.24, 2.45) is 5.73 Å². The first-order valence-corrected chi connectivity index (χ1v) is 7.15. The van der Waals surface area contributed by atoms with Gasteiger partial charge in [0.25, 0.3) is 0 Å². The average Bonchev–Trinajstić information content (AvgIpc) is 2.47. The highest BCUT2D eigenvalue weighted by molar-refractivity contribution is 8.03. The summed E-state index contributed by atoms with van der Waals surface area (Å²) in [4.78, 5) is 13.5. The van der Waals surface area contributed by atoms with Gasteiger partial charge in [0, 0.05) is 27.6 Å². The normalized spacial score (nSPS) is 15.5. The van der Waals surface area contributed by atoms with Crippen molar-refractivity contribution in [3.63, 3.8) is 0 Å². The molecule has 3 rings (SSSR count). The number of fused-ring (bicyclic) bond motifs is 1. The van der Waals surface area contributed by atoms with Crippen LogP contribution in [0.4, 0.5) is 5.69 Å². The summed E-state index contributed by atoms with van der Waals surface area (Å²) in [5.74, 6) is -0.398. The number of carbonyl (C=O) groups is 1. The Hall–Kier alpha value is -2.20. The Bertz CT molecular complexity index is 680. The summed E-state index contributed by atoms with van der Waals surface area (Å²) in [7, 11) is 0. The van der Waals surface area contributed by atoms with Crippen LogP contribution in [0.1, 0.15) is 15.9 Å². The molecule has 0 bridgehead atoms. The maximum Gasteiger partial charge on any atom is 0.248 e. The van der Waals surface area contributed by atoms with Gasteiger partial charge in [-0.05, 0) is 29.8 Å². The summed E-state index contributed by atoms with van der Waals surface area (Å²) in [5, 5.41) is 3.33. The number of amides is 1. The highest BCUT2D eigenvalue weighted by Gasteiger charge is 2.14. The number of nitrogens with one attached hydrogen (secondary N) is 1. The fraction of sp³-hybridized carbons (Fsp3) is 0.0625. The van der Waals surface area contributed by atoms with Gasteiger partial charge < -0.3 is 11.1 Å². The number of anilines is 1. The van der Waals surface area contributed by atoms with E-state index in [4.69, 9.17) is 5.73 Å². The third-order valence-corrected chi connectivity index (χ3v) is 4.19. The molecule has 0 fully saturated rings. The number of benzene rings is 2. The molecular formula is C16H14N2OS. The van der Waals surface area contributed by atoms with Gasteiger partial charge in [0.1, 0.15) is 0 Å². The Balaban J connectivity index is 1.86. The number of rotatable bonds is 2. The smallest absolute Gasteiger partial charge is 0.248 e. The van der Waals surface area contributed by atoms with E-state index < -0.39 is 5.91 Å². The lowest BCUT2D eigenvalue weighted by Crippen LogP contribution is -2.14. The molecule has 3 nitrogen and oxygen atoms in total. The molecule has 0 aliphatic carbocycles. The second-order valence-electron chi connectivity index (χ2n) is 4.55. The molecule has 0 atom stereocenters. The van der Waals surface area contributed by atoms with Gasteiger partial charge in [-0.15, -0.1) is 0 Å². The second-order valence-corrected chi connectivity index (χ2v) is 5.72. The maximum atomic E-state index is 11.2. The van der Waals surface area contributed by atoms with E-state index in [0.717, 1.165) is 17.1 Å². The third kappa shape index (κ3) is 2.70. The van der Waals surface area contributed by atoms with Gasteiger partial charge >= 0.3 is 0 Å². The summed E-state index contributed by atoms with van der Waals surface area (Å²) in [6.07, 6.45) is 2.17. The highest BCUT2D eigenvalue weighted by atomic mass is 32.2.